The van der Waals surface area contributed by atoms with Crippen molar-refractivity contribution in [3.63, 3.8) is 0 Å². The molecule has 0 aromatic heterocycles. The Kier molecular flexibility index (Phi) is 17.6. The van der Waals surface area contributed by atoms with Crippen molar-refractivity contribution in [1.29, 1.82) is 0 Å². The van der Waals surface area contributed by atoms with Crippen molar-refractivity contribution >= 4 is 47.1 Å². The van der Waals surface area contributed by atoms with Gasteiger partial charge < -0.3 is 42.5 Å². The van der Waals surface area contributed by atoms with Gasteiger partial charge in [0.1, 0.15) is 6.04 Å². The van der Waals surface area contributed by atoms with Gasteiger partial charge in [-0.2, -0.15) is 0 Å². The molecule has 0 saturated carbocycles. The number of carboxylic acid groups (broad SMARTS) is 2. The molecule has 0 aliphatic carbocycles. The molecule has 9 N–H and O–H groups in total. The molecule has 1 fully saturated rings. The minimum absolute atomic E-state index is 0.00519. The number of unbranched alkanes of at least 4 members (excludes halogenated alkanes) is 6. The summed E-state index contributed by atoms with van der Waals surface area (Å²) >= 11 is 0. The fourth-order valence-electron chi connectivity index (χ4n) is 5.71. The van der Waals surface area contributed by atoms with Gasteiger partial charge in [0.15, 0.2) is 17.1 Å². The Bertz CT molecular complexity index is 1220. The standard InChI is InChI=1S/C32H52N6O10/c1-5-7-8-9-10-11-12-13-14-24(39)21-15-16-38(30(47)20(4)37-29(46)23(34)18-26(42)43)32(21,31(48)35-6-2)27(44)19(3)36-28(45)22(33)17-25(40)41/h13-14,19-23H,5-12,15-18,33-34H2,1-4H3,(H,35,48)(H,36,45)(H,37,46)(H,40,41)(H,42,43)/b14-13+/t19-,20-,21?,22-,23-,32+/m0/s1. The molecule has 4 amide bonds. The van der Waals surface area contributed by atoms with Crippen LogP contribution in [0.1, 0.15) is 91.9 Å². The largest absolute Gasteiger partial charge is 0.481 e. The molecule has 0 spiro atoms. The molecule has 0 aromatic rings. The van der Waals surface area contributed by atoms with Crippen molar-refractivity contribution in [1.82, 2.24) is 20.9 Å². The van der Waals surface area contributed by atoms with E-state index in [0.29, 0.717) is 6.42 Å². The zero-order valence-corrected chi connectivity index (χ0v) is 28.3. The van der Waals surface area contributed by atoms with Crippen molar-refractivity contribution in [3.8, 4) is 0 Å². The van der Waals surface area contributed by atoms with Crippen molar-refractivity contribution in [2.45, 2.75) is 122 Å². The van der Waals surface area contributed by atoms with E-state index in [-0.39, 0.29) is 19.5 Å². The number of likely N-dealkylation sites (tertiary alicyclic amines) is 1. The number of aliphatic carboxylic acids is 2. The Morgan fingerprint density at radius 2 is 1.35 bits per heavy atom. The number of amides is 4. The van der Waals surface area contributed by atoms with E-state index < -0.39 is 95.6 Å². The third kappa shape index (κ3) is 11.5. The third-order valence-electron chi connectivity index (χ3n) is 8.19. The van der Waals surface area contributed by atoms with Crippen LogP contribution in [-0.4, -0.2) is 105 Å². The number of nitrogens with one attached hydrogen (secondary N) is 3. The van der Waals surface area contributed by atoms with Crippen LogP contribution in [0.2, 0.25) is 0 Å². The summed E-state index contributed by atoms with van der Waals surface area (Å²) in [6.07, 6.45) is 8.14. The van der Waals surface area contributed by atoms with E-state index in [1.807, 2.05) is 0 Å². The maximum absolute atomic E-state index is 14.4. The first-order chi connectivity index (χ1) is 22.6. The van der Waals surface area contributed by atoms with Gasteiger partial charge in [-0.25, -0.2) is 0 Å². The van der Waals surface area contributed by atoms with Crippen LogP contribution in [0.25, 0.3) is 0 Å². The average molecular weight is 681 g/mol. The van der Waals surface area contributed by atoms with E-state index in [0.717, 1.165) is 43.4 Å². The number of likely N-dealkylation sites (N-methyl/N-ethyl adjacent to an activating group) is 1. The molecule has 16 heteroatoms. The molecule has 16 nitrogen and oxygen atoms in total. The molecule has 1 aliphatic rings. The zero-order valence-electron chi connectivity index (χ0n) is 28.3. The first kappa shape index (κ1) is 41.8. The summed E-state index contributed by atoms with van der Waals surface area (Å²) in [7, 11) is 0. The summed E-state index contributed by atoms with van der Waals surface area (Å²) in [4.78, 5) is 104. The number of hydrogen-bond acceptors (Lipinski definition) is 10. The smallest absolute Gasteiger partial charge is 0.305 e. The molecule has 1 rings (SSSR count). The second kappa shape index (κ2) is 20.2. The van der Waals surface area contributed by atoms with Gasteiger partial charge in [0.2, 0.25) is 17.7 Å². The molecule has 270 valence electrons. The molecule has 6 atom stereocenters. The molecule has 0 bridgehead atoms. The summed E-state index contributed by atoms with van der Waals surface area (Å²) < 4.78 is 0. The molecular formula is C32H52N6O10. The van der Waals surface area contributed by atoms with Crippen LogP contribution >= 0.6 is 0 Å². The topological polar surface area (TPSA) is 268 Å². The quantitative estimate of drug-likeness (QED) is 0.0444. The second-order valence-corrected chi connectivity index (χ2v) is 12.1. The van der Waals surface area contributed by atoms with Crippen LogP contribution in [0, 0.1) is 5.92 Å². The Labute approximate surface area is 280 Å². The lowest BCUT2D eigenvalue weighted by Gasteiger charge is -2.41. The number of nitrogens with two attached hydrogens (primary N) is 2. The van der Waals surface area contributed by atoms with E-state index in [1.165, 1.54) is 19.9 Å². The number of carbonyl (C=O) groups is 8. The van der Waals surface area contributed by atoms with Gasteiger partial charge in [0, 0.05) is 13.1 Å². The van der Waals surface area contributed by atoms with Crippen molar-refractivity contribution in [2.24, 2.45) is 17.4 Å². The van der Waals surface area contributed by atoms with E-state index in [9.17, 15) is 38.4 Å². The lowest BCUT2D eigenvalue weighted by atomic mass is 9.75. The van der Waals surface area contributed by atoms with Gasteiger partial charge in [0.25, 0.3) is 5.91 Å². The minimum atomic E-state index is -2.49. The Morgan fingerprint density at radius 1 is 0.833 bits per heavy atom. The first-order valence-corrected chi connectivity index (χ1v) is 16.5. The zero-order chi connectivity index (χ0) is 36.6. The summed E-state index contributed by atoms with van der Waals surface area (Å²) in [5.74, 6) is -9.61. The van der Waals surface area contributed by atoms with Crippen LogP contribution in [-0.2, 0) is 38.4 Å². The normalized spacial score (nSPS) is 20.0. The molecule has 1 unspecified atom stereocenters. The van der Waals surface area contributed by atoms with Gasteiger partial charge in [0.05, 0.1) is 36.9 Å². The highest BCUT2D eigenvalue weighted by Gasteiger charge is 2.64. The summed E-state index contributed by atoms with van der Waals surface area (Å²) in [6, 6.07) is -5.97. The van der Waals surface area contributed by atoms with Crippen LogP contribution in [0.5, 0.6) is 0 Å². The lowest BCUT2D eigenvalue weighted by Crippen LogP contribution is -2.71. The van der Waals surface area contributed by atoms with Gasteiger partial charge in [-0.3, -0.25) is 38.4 Å². The molecule has 48 heavy (non-hydrogen) atoms. The van der Waals surface area contributed by atoms with Crippen LogP contribution < -0.4 is 27.4 Å². The highest BCUT2D eigenvalue weighted by molar-refractivity contribution is 6.20. The number of Topliss-reactive ketones (excluding diaryl/α,β-unsaturated/α-hetero) is 1. The molecule has 0 aromatic carbocycles. The van der Waals surface area contributed by atoms with E-state index in [4.69, 9.17) is 21.7 Å². The predicted molar refractivity (Wildman–Crippen MR) is 174 cm³/mol. The van der Waals surface area contributed by atoms with Crippen molar-refractivity contribution < 1.29 is 48.6 Å². The minimum Gasteiger partial charge on any atom is -0.481 e. The van der Waals surface area contributed by atoms with Crippen molar-refractivity contribution in [2.75, 3.05) is 13.1 Å². The fraction of sp³-hybridized carbons (Fsp3) is 0.688. The molecular weight excluding hydrogens is 628 g/mol. The number of ketones is 2. The number of carbonyl (C=O) groups excluding carboxylic acids is 6. The maximum Gasteiger partial charge on any atom is 0.305 e. The third-order valence-corrected chi connectivity index (χ3v) is 8.19. The number of rotatable bonds is 22. The Balaban J connectivity index is 3.54. The summed E-state index contributed by atoms with van der Waals surface area (Å²) in [6.45, 7) is 5.91. The van der Waals surface area contributed by atoms with Crippen molar-refractivity contribution in [3.05, 3.63) is 12.2 Å². The highest BCUT2D eigenvalue weighted by Crippen LogP contribution is 2.39. The summed E-state index contributed by atoms with van der Waals surface area (Å²) in [5.41, 5.74) is 8.82. The molecule has 1 aliphatic heterocycles. The molecule has 1 saturated heterocycles. The fourth-order valence-corrected chi connectivity index (χ4v) is 5.71. The number of allylic oxidation sites excluding steroid dienone is 2. The SMILES string of the molecule is CCCCCCCC/C=C/C(=O)C1CCN(C(=O)[C@H](C)NC(=O)[C@@H](N)CC(=O)O)[C@@]1(C(=O)NCC)C(=O)[C@H](C)NC(=O)[C@@H](N)CC(=O)O. The van der Waals surface area contributed by atoms with Crippen LogP contribution in [0.3, 0.4) is 0 Å². The predicted octanol–water partition coefficient (Wildman–Crippen LogP) is -0.232. The number of hydrogen-bond donors (Lipinski definition) is 7. The van der Waals surface area contributed by atoms with E-state index >= 15 is 0 Å². The van der Waals surface area contributed by atoms with E-state index in [2.05, 4.69) is 22.9 Å². The number of carboxylic acids is 2. The second-order valence-electron chi connectivity index (χ2n) is 12.1. The van der Waals surface area contributed by atoms with Crippen LogP contribution in [0.15, 0.2) is 12.2 Å². The summed E-state index contributed by atoms with van der Waals surface area (Å²) in [5, 5.41) is 25.2. The van der Waals surface area contributed by atoms with Crippen LogP contribution in [0.4, 0.5) is 0 Å². The average Bonchev–Trinajstić information content (AvgIpc) is 3.42. The Morgan fingerprint density at radius 3 is 1.88 bits per heavy atom. The van der Waals surface area contributed by atoms with Gasteiger partial charge >= 0.3 is 11.9 Å². The maximum atomic E-state index is 14.4. The first-order valence-electron chi connectivity index (χ1n) is 16.5. The van der Waals surface area contributed by atoms with Gasteiger partial charge in [-0.1, -0.05) is 45.1 Å². The van der Waals surface area contributed by atoms with Gasteiger partial charge in [-0.05, 0) is 46.1 Å². The lowest BCUT2D eigenvalue weighted by molar-refractivity contribution is -0.158. The Hall–Kier alpha value is -4.18. The molecule has 0 radical (unpaired) electrons. The number of nitrogens with zero attached hydrogens (tertiary/aromatic N) is 1. The highest BCUT2D eigenvalue weighted by atomic mass is 16.4. The van der Waals surface area contributed by atoms with E-state index in [1.54, 1.807) is 13.0 Å². The van der Waals surface area contributed by atoms with Gasteiger partial charge in [-0.15, -0.1) is 0 Å². The molecule has 1 heterocycles. The monoisotopic (exact) mass is 680 g/mol.